The zero-order valence-electron chi connectivity index (χ0n) is 18.7. The smallest absolute Gasteiger partial charge is 0.419 e. The molecule has 0 radical (unpaired) electrons. The quantitative estimate of drug-likeness (QED) is 0.514. The Kier molecular flexibility index (Phi) is 7.00. The van der Waals surface area contributed by atoms with Gasteiger partial charge in [0.15, 0.2) is 0 Å². The number of carboxylic acids is 1. The van der Waals surface area contributed by atoms with Crippen LogP contribution in [0.4, 0.5) is 18.0 Å². The van der Waals surface area contributed by atoms with Gasteiger partial charge >= 0.3 is 18.2 Å². The Morgan fingerprint density at radius 2 is 1.54 bits per heavy atom. The minimum absolute atomic E-state index is 0.0542. The molecule has 2 atom stereocenters. The number of alkyl halides is 3. The number of nitrogens with one attached hydrogen (secondary N) is 2. The number of hydrogen-bond donors (Lipinski definition) is 3. The van der Waals surface area contributed by atoms with Crippen molar-refractivity contribution in [1.29, 1.82) is 0 Å². The van der Waals surface area contributed by atoms with Crippen molar-refractivity contribution in [3.8, 4) is 11.1 Å². The van der Waals surface area contributed by atoms with Gasteiger partial charge in [-0.15, -0.1) is 0 Å². The maximum Gasteiger partial charge on any atom is 0.419 e. The van der Waals surface area contributed by atoms with E-state index in [-0.39, 0.29) is 18.4 Å². The maximum absolute atomic E-state index is 12.9. The van der Waals surface area contributed by atoms with E-state index in [1.54, 1.807) is 0 Å². The molecule has 1 fully saturated rings. The molecule has 2 aromatic rings. The molecule has 1 saturated carbocycles. The second kappa shape index (κ2) is 9.97. The van der Waals surface area contributed by atoms with Gasteiger partial charge in [0.2, 0.25) is 11.9 Å². The van der Waals surface area contributed by atoms with Crippen LogP contribution in [0.15, 0.2) is 48.5 Å². The molecule has 2 aliphatic rings. The highest BCUT2D eigenvalue weighted by Crippen LogP contribution is 2.44. The Hall–Kier alpha value is -3.56. The number of aliphatic carboxylic acids is 1. The molecule has 0 aliphatic heterocycles. The molecule has 10 heteroatoms. The standard InChI is InChI=1S/C25H25F3N2O5/c26-25(27,28)22(23(32)33)30-21(31)12-20(14-6-5-7-14)29-24(34)35-13-19-17-10-3-1-8-15(17)16-9-2-4-11-18(16)19/h1-4,8-11,14,19-20,22H,5-7,12-13H2,(H,29,34)(H,30,31)(H,32,33). The molecule has 0 aromatic heterocycles. The Labute approximate surface area is 199 Å². The fourth-order valence-electron chi connectivity index (χ4n) is 4.67. The zero-order chi connectivity index (χ0) is 25.2. The van der Waals surface area contributed by atoms with Crippen LogP contribution in [0.25, 0.3) is 11.1 Å². The summed E-state index contributed by atoms with van der Waals surface area (Å²) in [6.45, 7) is 0.0542. The summed E-state index contributed by atoms with van der Waals surface area (Å²) in [6, 6.07) is 11.9. The first-order valence-corrected chi connectivity index (χ1v) is 11.4. The number of carboxylic acid groups (broad SMARTS) is 1. The molecular formula is C25H25F3N2O5. The van der Waals surface area contributed by atoms with E-state index in [1.165, 1.54) is 5.32 Å². The van der Waals surface area contributed by atoms with Gasteiger partial charge in [-0.1, -0.05) is 55.0 Å². The molecule has 2 amide bonds. The predicted molar refractivity (Wildman–Crippen MR) is 120 cm³/mol. The van der Waals surface area contributed by atoms with E-state index in [1.807, 2.05) is 48.5 Å². The third-order valence-electron chi connectivity index (χ3n) is 6.65. The molecule has 0 bridgehead atoms. The first-order chi connectivity index (χ1) is 16.6. The van der Waals surface area contributed by atoms with Crippen LogP contribution in [0.3, 0.4) is 0 Å². The molecule has 2 unspecified atom stereocenters. The van der Waals surface area contributed by atoms with Crippen LogP contribution >= 0.6 is 0 Å². The molecule has 7 nitrogen and oxygen atoms in total. The summed E-state index contributed by atoms with van der Waals surface area (Å²) >= 11 is 0. The number of rotatable bonds is 8. The molecule has 0 saturated heterocycles. The number of benzene rings is 2. The van der Waals surface area contributed by atoms with E-state index in [9.17, 15) is 27.6 Å². The lowest BCUT2D eigenvalue weighted by Crippen LogP contribution is -2.53. The number of hydrogen-bond acceptors (Lipinski definition) is 4. The Balaban J connectivity index is 1.38. The highest BCUT2D eigenvalue weighted by molar-refractivity contribution is 5.85. The van der Waals surface area contributed by atoms with Gasteiger partial charge < -0.3 is 20.5 Å². The highest BCUT2D eigenvalue weighted by Gasteiger charge is 2.46. The fraction of sp³-hybridized carbons (Fsp3) is 0.400. The van der Waals surface area contributed by atoms with Crippen molar-refractivity contribution < 1.29 is 37.4 Å². The zero-order valence-corrected chi connectivity index (χ0v) is 18.7. The number of carbonyl (C=O) groups is 3. The van der Waals surface area contributed by atoms with Crippen LogP contribution in [0, 0.1) is 5.92 Å². The summed E-state index contributed by atoms with van der Waals surface area (Å²) in [5, 5.41) is 12.9. The summed E-state index contributed by atoms with van der Waals surface area (Å²) in [4.78, 5) is 35.7. The molecule has 4 rings (SSSR count). The molecule has 2 aliphatic carbocycles. The average molecular weight is 490 g/mol. The van der Waals surface area contributed by atoms with Crippen LogP contribution in [-0.2, 0) is 14.3 Å². The number of fused-ring (bicyclic) bond motifs is 3. The lowest BCUT2D eigenvalue weighted by Gasteiger charge is -2.34. The van der Waals surface area contributed by atoms with Gasteiger partial charge in [0, 0.05) is 18.4 Å². The van der Waals surface area contributed by atoms with Crippen LogP contribution in [0.2, 0.25) is 0 Å². The molecule has 3 N–H and O–H groups in total. The highest BCUT2D eigenvalue weighted by atomic mass is 19.4. The summed E-state index contributed by atoms with van der Waals surface area (Å²) in [7, 11) is 0. The van der Waals surface area contributed by atoms with Crippen LogP contribution in [0.1, 0.15) is 42.7 Å². The van der Waals surface area contributed by atoms with Crippen molar-refractivity contribution in [2.24, 2.45) is 5.92 Å². The first kappa shape index (κ1) is 24.6. The van der Waals surface area contributed by atoms with E-state index in [0.717, 1.165) is 28.7 Å². The van der Waals surface area contributed by atoms with Gasteiger partial charge in [0.1, 0.15) is 6.61 Å². The molecule has 2 aromatic carbocycles. The maximum atomic E-state index is 12.9. The molecule has 186 valence electrons. The van der Waals surface area contributed by atoms with E-state index in [0.29, 0.717) is 12.8 Å². The van der Waals surface area contributed by atoms with Gasteiger partial charge in [-0.3, -0.25) is 4.79 Å². The van der Waals surface area contributed by atoms with Gasteiger partial charge in [-0.25, -0.2) is 9.59 Å². The Morgan fingerprint density at radius 1 is 0.971 bits per heavy atom. The van der Waals surface area contributed by atoms with Crippen molar-refractivity contribution >= 4 is 18.0 Å². The number of alkyl carbamates (subject to hydrolysis) is 1. The Morgan fingerprint density at radius 3 is 2.03 bits per heavy atom. The van der Waals surface area contributed by atoms with Crippen LogP contribution in [0.5, 0.6) is 0 Å². The molecule has 35 heavy (non-hydrogen) atoms. The molecule has 0 spiro atoms. The SMILES string of the molecule is O=C(CC(NC(=O)OCC1c2ccccc2-c2ccccc21)C1CCC1)NC(C(=O)O)C(F)(F)F. The van der Waals surface area contributed by atoms with Crippen molar-refractivity contribution in [3.63, 3.8) is 0 Å². The number of amides is 2. The van der Waals surface area contributed by atoms with Crippen LogP contribution < -0.4 is 10.6 Å². The monoisotopic (exact) mass is 490 g/mol. The minimum atomic E-state index is -5.13. The van der Waals surface area contributed by atoms with E-state index in [2.05, 4.69) is 5.32 Å². The van der Waals surface area contributed by atoms with E-state index in [4.69, 9.17) is 9.84 Å². The van der Waals surface area contributed by atoms with Gasteiger partial charge in [0.05, 0.1) is 0 Å². The number of halogens is 3. The second-order valence-electron chi connectivity index (χ2n) is 8.85. The minimum Gasteiger partial charge on any atom is -0.479 e. The fourth-order valence-corrected chi connectivity index (χ4v) is 4.67. The third-order valence-corrected chi connectivity index (χ3v) is 6.65. The topological polar surface area (TPSA) is 105 Å². The lowest BCUT2D eigenvalue weighted by atomic mass is 9.78. The van der Waals surface area contributed by atoms with Gasteiger partial charge in [-0.05, 0) is 41.0 Å². The van der Waals surface area contributed by atoms with E-state index >= 15 is 0 Å². The molecule has 0 heterocycles. The number of ether oxygens (including phenoxy) is 1. The van der Waals surface area contributed by atoms with Crippen molar-refractivity contribution in [2.45, 2.75) is 49.9 Å². The van der Waals surface area contributed by atoms with Gasteiger partial charge in [-0.2, -0.15) is 13.2 Å². The average Bonchev–Trinajstić information content (AvgIpc) is 3.07. The summed E-state index contributed by atoms with van der Waals surface area (Å²) in [5.41, 5.74) is 4.20. The second-order valence-corrected chi connectivity index (χ2v) is 8.85. The Bertz CT molecular complexity index is 1070. The normalized spacial score (nSPS) is 16.9. The van der Waals surface area contributed by atoms with Crippen molar-refractivity contribution in [1.82, 2.24) is 10.6 Å². The van der Waals surface area contributed by atoms with Crippen molar-refractivity contribution in [3.05, 3.63) is 59.7 Å². The molecular weight excluding hydrogens is 465 g/mol. The predicted octanol–water partition coefficient (Wildman–Crippen LogP) is 4.22. The lowest BCUT2D eigenvalue weighted by molar-refractivity contribution is -0.182. The van der Waals surface area contributed by atoms with E-state index < -0.39 is 42.7 Å². The van der Waals surface area contributed by atoms with Gasteiger partial charge in [0.25, 0.3) is 0 Å². The number of carbonyl (C=O) groups excluding carboxylic acids is 2. The third kappa shape index (κ3) is 5.41. The summed E-state index contributed by atoms with van der Waals surface area (Å²) in [6.07, 6.45) is -4.12. The summed E-state index contributed by atoms with van der Waals surface area (Å²) < 4.78 is 44.2. The van der Waals surface area contributed by atoms with Crippen molar-refractivity contribution in [2.75, 3.05) is 6.61 Å². The van der Waals surface area contributed by atoms with Crippen LogP contribution in [-0.4, -0.2) is 47.9 Å². The largest absolute Gasteiger partial charge is 0.479 e. The first-order valence-electron chi connectivity index (χ1n) is 11.4. The summed E-state index contributed by atoms with van der Waals surface area (Å²) in [5.74, 6) is -3.57.